The Morgan fingerprint density at radius 2 is 1.65 bits per heavy atom. The van der Waals surface area contributed by atoms with E-state index in [1.807, 2.05) is 0 Å². The molecule has 0 spiro atoms. The van der Waals surface area contributed by atoms with Crippen LogP contribution in [0.3, 0.4) is 0 Å². The van der Waals surface area contributed by atoms with Gasteiger partial charge >= 0.3 is 5.97 Å². The predicted molar refractivity (Wildman–Crippen MR) is 91.0 cm³/mol. The van der Waals surface area contributed by atoms with Crippen LogP contribution in [0.5, 0.6) is 0 Å². The van der Waals surface area contributed by atoms with Gasteiger partial charge in [0, 0.05) is 4.47 Å². The molecule has 0 N–H and O–H groups in total. The number of hydrogen-bond acceptors (Lipinski definition) is 2. The molecule has 23 heavy (non-hydrogen) atoms. The molecular formula is C19H18BrFO2. The lowest BCUT2D eigenvalue weighted by atomic mass is 9.83. The van der Waals surface area contributed by atoms with Gasteiger partial charge in [0.25, 0.3) is 0 Å². The van der Waals surface area contributed by atoms with Crippen LogP contribution < -0.4 is 0 Å². The van der Waals surface area contributed by atoms with Crippen molar-refractivity contribution in [2.75, 3.05) is 0 Å². The zero-order valence-electron chi connectivity index (χ0n) is 12.7. The van der Waals surface area contributed by atoms with Crippen molar-refractivity contribution in [2.45, 2.75) is 37.7 Å². The topological polar surface area (TPSA) is 26.3 Å². The fourth-order valence-corrected chi connectivity index (χ4v) is 3.35. The average molecular weight is 377 g/mol. The maximum Gasteiger partial charge on any atom is 0.341 e. The third-order valence-electron chi connectivity index (χ3n) is 4.38. The lowest BCUT2D eigenvalue weighted by Crippen LogP contribution is -2.24. The molecule has 2 aromatic rings. The van der Waals surface area contributed by atoms with E-state index in [2.05, 4.69) is 40.2 Å². The summed E-state index contributed by atoms with van der Waals surface area (Å²) >= 11 is 3.45. The minimum absolute atomic E-state index is 0.0162. The maximum absolute atomic E-state index is 13.6. The number of hydrogen-bond donors (Lipinski definition) is 0. The summed E-state index contributed by atoms with van der Waals surface area (Å²) in [6, 6.07) is 14.3. The molecule has 1 fully saturated rings. The van der Waals surface area contributed by atoms with Gasteiger partial charge in [-0.1, -0.05) is 40.2 Å². The van der Waals surface area contributed by atoms with E-state index in [1.165, 1.54) is 17.7 Å². The van der Waals surface area contributed by atoms with Gasteiger partial charge in [-0.3, -0.25) is 0 Å². The molecule has 3 rings (SSSR count). The van der Waals surface area contributed by atoms with Crippen LogP contribution in [0.2, 0.25) is 0 Å². The van der Waals surface area contributed by atoms with Crippen molar-refractivity contribution in [3.63, 3.8) is 0 Å². The number of halogens is 2. The van der Waals surface area contributed by atoms with Crippen LogP contribution in [-0.4, -0.2) is 12.1 Å². The second-order valence-electron chi connectivity index (χ2n) is 5.91. The standard InChI is InChI=1S/C19H18BrFO2/c20-15-9-5-13(6-10-15)14-7-11-16(12-8-14)23-19(22)17-3-1-2-4-18(17)21/h1-6,9-10,14,16H,7-8,11-12H2. The molecule has 0 unspecified atom stereocenters. The van der Waals surface area contributed by atoms with Gasteiger partial charge in [0.2, 0.25) is 0 Å². The highest BCUT2D eigenvalue weighted by atomic mass is 79.9. The minimum Gasteiger partial charge on any atom is -0.459 e. The average Bonchev–Trinajstić information content (AvgIpc) is 2.57. The zero-order valence-corrected chi connectivity index (χ0v) is 14.3. The Bertz CT molecular complexity index is 676. The quantitative estimate of drug-likeness (QED) is 0.663. The van der Waals surface area contributed by atoms with Gasteiger partial charge in [-0.15, -0.1) is 0 Å². The van der Waals surface area contributed by atoms with Crippen molar-refractivity contribution in [3.8, 4) is 0 Å². The summed E-state index contributed by atoms with van der Waals surface area (Å²) in [6.07, 6.45) is 3.49. The fraction of sp³-hybridized carbons (Fsp3) is 0.316. The Kier molecular flexibility index (Phi) is 5.11. The van der Waals surface area contributed by atoms with Crippen molar-refractivity contribution < 1.29 is 13.9 Å². The predicted octanol–water partition coefficient (Wildman–Crippen LogP) is 5.47. The first-order valence-electron chi connectivity index (χ1n) is 7.84. The molecule has 1 saturated carbocycles. The van der Waals surface area contributed by atoms with Crippen molar-refractivity contribution >= 4 is 21.9 Å². The number of benzene rings is 2. The first-order valence-corrected chi connectivity index (χ1v) is 8.64. The van der Waals surface area contributed by atoms with Crippen LogP contribution in [-0.2, 0) is 4.74 Å². The molecule has 1 aliphatic rings. The van der Waals surface area contributed by atoms with E-state index < -0.39 is 11.8 Å². The summed E-state index contributed by atoms with van der Waals surface area (Å²) in [5, 5.41) is 0. The molecule has 0 atom stereocenters. The Balaban J connectivity index is 1.56. The van der Waals surface area contributed by atoms with E-state index in [1.54, 1.807) is 12.1 Å². The summed E-state index contributed by atoms with van der Waals surface area (Å²) in [5.41, 5.74) is 1.34. The molecule has 4 heteroatoms. The molecule has 0 radical (unpaired) electrons. The monoisotopic (exact) mass is 376 g/mol. The molecule has 0 bridgehead atoms. The van der Waals surface area contributed by atoms with Gasteiger partial charge in [0.15, 0.2) is 0 Å². The van der Waals surface area contributed by atoms with Gasteiger partial charge in [0.1, 0.15) is 11.9 Å². The maximum atomic E-state index is 13.6. The van der Waals surface area contributed by atoms with E-state index in [4.69, 9.17) is 4.74 Å². The smallest absolute Gasteiger partial charge is 0.341 e. The van der Waals surface area contributed by atoms with Crippen LogP contribution in [0.25, 0.3) is 0 Å². The van der Waals surface area contributed by atoms with E-state index >= 15 is 0 Å². The molecule has 0 aromatic heterocycles. The van der Waals surface area contributed by atoms with Crippen LogP contribution in [0.15, 0.2) is 53.0 Å². The second kappa shape index (κ2) is 7.26. The summed E-state index contributed by atoms with van der Waals surface area (Å²) < 4.78 is 20.2. The number of carbonyl (C=O) groups excluding carboxylic acids is 1. The third kappa shape index (κ3) is 3.99. The minimum atomic E-state index is -0.560. The molecule has 0 amide bonds. The van der Waals surface area contributed by atoms with Gasteiger partial charge in [-0.05, 0) is 61.4 Å². The lowest BCUT2D eigenvalue weighted by molar-refractivity contribution is 0.0190. The SMILES string of the molecule is O=C(OC1CCC(c2ccc(Br)cc2)CC1)c1ccccc1F. The Morgan fingerprint density at radius 1 is 1.00 bits per heavy atom. The van der Waals surface area contributed by atoms with Gasteiger partial charge in [-0.2, -0.15) is 0 Å². The van der Waals surface area contributed by atoms with Crippen molar-refractivity contribution in [2.24, 2.45) is 0 Å². The molecule has 0 aliphatic heterocycles. The molecule has 2 nitrogen and oxygen atoms in total. The normalized spacial score (nSPS) is 21.0. The number of rotatable bonds is 3. The molecule has 1 aliphatic carbocycles. The highest BCUT2D eigenvalue weighted by Crippen LogP contribution is 2.34. The number of carbonyl (C=O) groups is 1. The van der Waals surface area contributed by atoms with Crippen LogP contribution in [0.1, 0.15) is 47.5 Å². The number of esters is 1. The fourth-order valence-electron chi connectivity index (χ4n) is 3.09. The molecule has 0 heterocycles. The lowest BCUT2D eigenvalue weighted by Gasteiger charge is -2.28. The van der Waals surface area contributed by atoms with E-state index in [0.717, 1.165) is 30.2 Å². The Morgan fingerprint density at radius 3 is 2.30 bits per heavy atom. The summed E-state index contributed by atoms with van der Waals surface area (Å²) in [5.74, 6) is -0.581. The summed E-state index contributed by atoms with van der Waals surface area (Å²) in [7, 11) is 0. The Labute approximate surface area is 143 Å². The molecular weight excluding hydrogens is 359 g/mol. The van der Waals surface area contributed by atoms with Crippen LogP contribution in [0, 0.1) is 5.82 Å². The Hall–Kier alpha value is -1.68. The van der Waals surface area contributed by atoms with Crippen molar-refractivity contribution in [3.05, 3.63) is 69.9 Å². The highest BCUT2D eigenvalue weighted by Gasteiger charge is 2.26. The molecule has 0 saturated heterocycles. The molecule has 2 aromatic carbocycles. The van der Waals surface area contributed by atoms with Crippen molar-refractivity contribution in [1.82, 2.24) is 0 Å². The first-order chi connectivity index (χ1) is 11.1. The van der Waals surface area contributed by atoms with Gasteiger partial charge < -0.3 is 4.74 Å². The van der Waals surface area contributed by atoms with Crippen LogP contribution >= 0.6 is 15.9 Å². The van der Waals surface area contributed by atoms with Crippen LogP contribution in [0.4, 0.5) is 4.39 Å². The van der Waals surface area contributed by atoms with E-state index in [9.17, 15) is 9.18 Å². The highest BCUT2D eigenvalue weighted by molar-refractivity contribution is 9.10. The van der Waals surface area contributed by atoms with Gasteiger partial charge in [-0.25, -0.2) is 9.18 Å². The van der Waals surface area contributed by atoms with E-state index in [-0.39, 0.29) is 11.7 Å². The first kappa shape index (κ1) is 16.2. The summed E-state index contributed by atoms with van der Waals surface area (Å²) in [4.78, 5) is 12.1. The third-order valence-corrected chi connectivity index (χ3v) is 4.91. The van der Waals surface area contributed by atoms with E-state index in [0.29, 0.717) is 5.92 Å². The number of ether oxygens (including phenoxy) is 1. The zero-order chi connectivity index (χ0) is 16.2. The summed E-state index contributed by atoms with van der Waals surface area (Å²) in [6.45, 7) is 0. The molecule has 120 valence electrons. The second-order valence-corrected chi connectivity index (χ2v) is 6.83. The van der Waals surface area contributed by atoms with Gasteiger partial charge in [0.05, 0.1) is 5.56 Å². The largest absolute Gasteiger partial charge is 0.459 e. The van der Waals surface area contributed by atoms with Crippen molar-refractivity contribution in [1.29, 1.82) is 0 Å².